The zero-order valence-electron chi connectivity index (χ0n) is 11.7. The van der Waals surface area contributed by atoms with Gasteiger partial charge in [0.15, 0.2) is 0 Å². The van der Waals surface area contributed by atoms with E-state index in [-0.39, 0.29) is 29.0 Å². The Balaban J connectivity index is 2.24. The molecule has 0 radical (unpaired) electrons. The summed E-state index contributed by atoms with van der Waals surface area (Å²) >= 11 is 1.92. The summed E-state index contributed by atoms with van der Waals surface area (Å²) in [5.74, 6) is -0.690. The number of amides is 2. The van der Waals surface area contributed by atoms with E-state index in [2.05, 4.69) is 20.8 Å². The molecule has 1 unspecified atom stereocenters. The Labute approximate surface area is 131 Å². The predicted molar refractivity (Wildman–Crippen MR) is 82.7 cm³/mol. The lowest BCUT2D eigenvalue weighted by Gasteiger charge is -2.26. The van der Waals surface area contributed by atoms with E-state index < -0.39 is 0 Å². The monoisotopic (exact) mass is 389 g/mol. The summed E-state index contributed by atoms with van der Waals surface area (Å²) in [6, 6.07) is 3.99. The lowest BCUT2D eigenvalue weighted by atomic mass is 9.80. The molecule has 2 amide bonds. The lowest BCUT2D eigenvalue weighted by Crippen LogP contribution is -2.34. The van der Waals surface area contributed by atoms with Gasteiger partial charge in [0.1, 0.15) is 5.82 Å². The third kappa shape index (κ3) is 3.02. The number of hydrogen-bond donors (Lipinski definition) is 0. The van der Waals surface area contributed by atoms with Gasteiger partial charge in [-0.1, -0.05) is 20.8 Å². The first kappa shape index (κ1) is 15.4. The first-order chi connectivity index (χ1) is 9.20. The van der Waals surface area contributed by atoms with Crippen LogP contribution in [0.25, 0.3) is 0 Å². The maximum Gasteiger partial charge on any atom is 0.261 e. The van der Waals surface area contributed by atoms with Crippen LogP contribution in [0.2, 0.25) is 0 Å². The lowest BCUT2D eigenvalue weighted by molar-refractivity contribution is -0.125. The fraction of sp³-hybridized carbons (Fsp3) is 0.467. The van der Waals surface area contributed by atoms with Gasteiger partial charge in [0.25, 0.3) is 5.91 Å². The second-order valence-corrected chi connectivity index (χ2v) is 7.36. The van der Waals surface area contributed by atoms with Gasteiger partial charge in [-0.3, -0.25) is 14.5 Å². The molecule has 1 aromatic rings. The fourth-order valence-corrected chi connectivity index (χ4v) is 3.00. The van der Waals surface area contributed by atoms with E-state index in [0.717, 1.165) is 0 Å². The molecule has 0 N–H and O–H groups in total. The van der Waals surface area contributed by atoms with E-state index in [4.69, 9.17) is 0 Å². The highest BCUT2D eigenvalue weighted by Crippen LogP contribution is 2.35. The number of carbonyl (C=O) groups is 2. The number of halogens is 2. The molecule has 1 aromatic carbocycles. The Morgan fingerprint density at radius 1 is 1.40 bits per heavy atom. The zero-order chi connectivity index (χ0) is 15.1. The van der Waals surface area contributed by atoms with Crippen molar-refractivity contribution < 1.29 is 14.0 Å². The average Bonchev–Trinajstić information content (AvgIpc) is 2.70. The second kappa shape index (κ2) is 5.42. The van der Waals surface area contributed by atoms with Gasteiger partial charge < -0.3 is 0 Å². The first-order valence-corrected chi connectivity index (χ1v) is 7.58. The van der Waals surface area contributed by atoms with Crippen molar-refractivity contribution in [2.75, 3.05) is 6.54 Å². The van der Waals surface area contributed by atoms with Gasteiger partial charge in [-0.05, 0) is 52.1 Å². The summed E-state index contributed by atoms with van der Waals surface area (Å²) < 4.78 is 13.6. The normalized spacial score (nSPS) is 19.6. The minimum Gasteiger partial charge on any atom is -0.278 e. The molecule has 1 aliphatic heterocycles. The highest BCUT2D eigenvalue weighted by molar-refractivity contribution is 14.1. The van der Waals surface area contributed by atoms with Gasteiger partial charge in [0.05, 0.1) is 5.56 Å². The average molecular weight is 389 g/mol. The number of nitrogens with zero attached hydrogens (tertiary/aromatic N) is 1. The van der Waals surface area contributed by atoms with Gasteiger partial charge in [-0.2, -0.15) is 0 Å². The van der Waals surface area contributed by atoms with Crippen LogP contribution in [0, 0.1) is 20.7 Å². The summed E-state index contributed by atoms with van der Waals surface area (Å²) in [5, 5.41) is 0. The third-order valence-corrected chi connectivity index (χ3v) is 4.65. The predicted octanol–water partition coefficient (Wildman–Crippen LogP) is 3.47. The van der Waals surface area contributed by atoms with E-state index >= 15 is 0 Å². The largest absolute Gasteiger partial charge is 0.278 e. The van der Waals surface area contributed by atoms with Crippen LogP contribution in [0.5, 0.6) is 0 Å². The van der Waals surface area contributed by atoms with Crippen LogP contribution in [0.1, 0.15) is 37.6 Å². The van der Waals surface area contributed by atoms with E-state index in [1.54, 1.807) is 0 Å². The molecule has 1 saturated heterocycles. The van der Waals surface area contributed by atoms with Gasteiger partial charge in [-0.25, -0.2) is 4.39 Å². The molecule has 0 bridgehead atoms. The molecule has 20 heavy (non-hydrogen) atoms. The van der Waals surface area contributed by atoms with E-state index in [1.165, 1.54) is 23.1 Å². The number of carbonyl (C=O) groups excluding carboxylic acids is 2. The molecule has 5 heteroatoms. The Morgan fingerprint density at radius 2 is 2.05 bits per heavy atom. The molecular formula is C15H17FINO2. The number of benzene rings is 1. The van der Waals surface area contributed by atoms with Crippen molar-refractivity contribution in [3.63, 3.8) is 0 Å². The van der Waals surface area contributed by atoms with Crippen molar-refractivity contribution in [1.29, 1.82) is 0 Å². The fourth-order valence-electron chi connectivity index (χ4n) is 2.29. The summed E-state index contributed by atoms with van der Waals surface area (Å²) in [6.45, 7) is 6.65. The van der Waals surface area contributed by atoms with Crippen molar-refractivity contribution in [3.8, 4) is 0 Å². The summed E-state index contributed by atoms with van der Waals surface area (Å²) in [7, 11) is 0. The van der Waals surface area contributed by atoms with Crippen molar-refractivity contribution in [2.24, 2.45) is 11.3 Å². The maximum absolute atomic E-state index is 13.1. The van der Waals surface area contributed by atoms with Crippen molar-refractivity contribution >= 4 is 34.4 Å². The smallest absolute Gasteiger partial charge is 0.261 e. The zero-order valence-corrected chi connectivity index (χ0v) is 13.9. The Hall–Kier alpha value is -0.980. The van der Waals surface area contributed by atoms with Gasteiger partial charge in [-0.15, -0.1) is 0 Å². The quantitative estimate of drug-likeness (QED) is 0.545. The van der Waals surface area contributed by atoms with Crippen LogP contribution in [0.4, 0.5) is 4.39 Å². The maximum atomic E-state index is 13.1. The third-order valence-electron chi connectivity index (χ3n) is 3.76. The highest BCUT2D eigenvalue weighted by atomic mass is 127. The molecule has 108 valence electrons. The van der Waals surface area contributed by atoms with Gasteiger partial charge >= 0.3 is 0 Å². The SMILES string of the molecule is CC(C)(C)C1CC(=O)N(C(=O)c2ccc(F)cc2I)C1. The van der Waals surface area contributed by atoms with Crippen LogP contribution in [0.15, 0.2) is 18.2 Å². The Morgan fingerprint density at radius 3 is 2.55 bits per heavy atom. The minimum atomic E-state index is -0.383. The van der Waals surface area contributed by atoms with Crippen molar-refractivity contribution in [2.45, 2.75) is 27.2 Å². The topological polar surface area (TPSA) is 37.4 Å². The number of hydrogen-bond acceptors (Lipinski definition) is 2. The summed E-state index contributed by atoms with van der Waals surface area (Å²) in [4.78, 5) is 25.8. The van der Waals surface area contributed by atoms with Crippen LogP contribution in [0.3, 0.4) is 0 Å². The van der Waals surface area contributed by atoms with Crippen molar-refractivity contribution in [3.05, 3.63) is 33.1 Å². The second-order valence-electron chi connectivity index (χ2n) is 6.20. The first-order valence-electron chi connectivity index (χ1n) is 6.50. The van der Waals surface area contributed by atoms with Gasteiger partial charge in [0, 0.05) is 16.5 Å². The van der Waals surface area contributed by atoms with E-state index in [1.807, 2.05) is 22.6 Å². The summed E-state index contributed by atoms with van der Waals surface area (Å²) in [6.07, 6.45) is 0.396. The standard InChI is InChI=1S/C15H17FINO2/c1-15(2,3)9-6-13(19)18(8-9)14(20)11-5-4-10(16)7-12(11)17/h4-5,7,9H,6,8H2,1-3H3. The Bertz CT molecular complexity index is 565. The Kier molecular flexibility index (Phi) is 4.18. The number of likely N-dealkylation sites (tertiary alicyclic amines) is 1. The molecule has 1 heterocycles. The molecule has 2 rings (SSSR count). The molecular weight excluding hydrogens is 372 g/mol. The van der Waals surface area contributed by atoms with Crippen LogP contribution in [-0.2, 0) is 4.79 Å². The summed E-state index contributed by atoms with van der Waals surface area (Å²) in [5.41, 5.74) is 0.371. The molecule has 1 atom stereocenters. The molecule has 0 aromatic heterocycles. The van der Waals surface area contributed by atoms with Crippen LogP contribution in [-0.4, -0.2) is 23.3 Å². The van der Waals surface area contributed by atoms with Crippen LogP contribution >= 0.6 is 22.6 Å². The van der Waals surface area contributed by atoms with Gasteiger partial charge in [0.2, 0.25) is 5.91 Å². The molecule has 1 aliphatic rings. The molecule has 0 spiro atoms. The molecule has 0 aliphatic carbocycles. The molecule has 1 fully saturated rings. The van der Waals surface area contributed by atoms with E-state index in [9.17, 15) is 14.0 Å². The number of imide groups is 1. The minimum absolute atomic E-state index is 0.0133. The number of rotatable bonds is 1. The van der Waals surface area contributed by atoms with E-state index in [0.29, 0.717) is 22.1 Å². The van der Waals surface area contributed by atoms with Crippen molar-refractivity contribution in [1.82, 2.24) is 4.90 Å². The molecule has 0 saturated carbocycles. The van der Waals surface area contributed by atoms with Crippen LogP contribution < -0.4 is 0 Å². The highest BCUT2D eigenvalue weighted by Gasteiger charge is 2.40. The molecule has 3 nitrogen and oxygen atoms in total.